The molecular weight excluding hydrogens is 737 g/mol. The van der Waals surface area contributed by atoms with E-state index in [1.165, 1.54) is 75.4 Å². The van der Waals surface area contributed by atoms with E-state index in [4.69, 9.17) is 9.97 Å². The van der Waals surface area contributed by atoms with Gasteiger partial charge < -0.3 is 4.57 Å². The van der Waals surface area contributed by atoms with Gasteiger partial charge in [0.2, 0.25) is 5.95 Å². The van der Waals surface area contributed by atoms with Crippen LogP contribution in [0.2, 0.25) is 0 Å². The first-order valence-corrected chi connectivity index (χ1v) is 20.8. The average molecular weight is 769 g/mol. The second-order valence-electron chi connectivity index (χ2n) is 15.4. The Bertz CT molecular complexity index is 3690. The molecule has 5 heteroatoms. The van der Waals surface area contributed by atoms with Crippen molar-refractivity contribution in [2.45, 2.75) is 9.79 Å². The van der Waals surface area contributed by atoms with Crippen LogP contribution in [-0.2, 0) is 0 Å². The highest BCUT2D eigenvalue weighted by molar-refractivity contribution is 7.99. The molecule has 0 bridgehead atoms. The molecule has 4 nitrogen and oxygen atoms in total. The normalized spacial score (nSPS) is 12.3. The van der Waals surface area contributed by atoms with E-state index in [0.717, 1.165) is 38.9 Å². The van der Waals surface area contributed by atoms with E-state index < -0.39 is 0 Å². The number of hydrogen-bond acceptors (Lipinski definition) is 3. The summed E-state index contributed by atoms with van der Waals surface area (Å²) in [5.74, 6) is 0.681. The zero-order valence-electron chi connectivity index (χ0n) is 31.7. The van der Waals surface area contributed by atoms with E-state index >= 15 is 0 Å². The number of para-hydroxylation sites is 1. The van der Waals surface area contributed by atoms with Crippen molar-refractivity contribution in [3.63, 3.8) is 0 Å². The molecule has 0 spiro atoms. The molecule has 0 radical (unpaired) electrons. The highest BCUT2D eigenvalue weighted by Gasteiger charge is 2.24. The largest absolute Gasteiger partial charge is 0.309 e. The quantitative estimate of drug-likeness (QED) is 0.179. The van der Waals surface area contributed by atoms with Gasteiger partial charge in [-0.15, -0.1) is 0 Å². The molecule has 9 aromatic carbocycles. The number of benzene rings is 9. The van der Waals surface area contributed by atoms with Gasteiger partial charge in [-0.2, -0.15) is 0 Å². The van der Waals surface area contributed by atoms with Gasteiger partial charge in [0.1, 0.15) is 0 Å². The maximum absolute atomic E-state index is 5.42. The van der Waals surface area contributed by atoms with Crippen LogP contribution in [0.5, 0.6) is 0 Å². The summed E-state index contributed by atoms with van der Waals surface area (Å²) in [4.78, 5) is 13.1. The lowest BCUT2D eigenvalue weighted by Gasteiger charge is -2.20. The van der Waals surface area contributed by atoms with Crippen LogP contribution < -0.4 is 0 Å². The van der Waals surface area contributed by atoms with Gasteiger partial charge in [-0.1, -0.05) is 139 Å². The van der Waals surface area contributed by atoms with Crippen LogP contribution in [0.1, 0.15) is 0 Å². The first kappa shape index (κ1) is 32.6. The highest BCUT2D eigenvalue weighted by atomic mass is 32.2. The van der Waals surface area contributed by atoms with Crippen LogP contribution in [0.25, 0.3) is 110 Å². The molecular formula is C54H32N4S. The van der Waals surface area contributed by atoms with Crippen LogP contribution >= 0.6 is 11.8 Å². The number of rotatable bonds is 4. The Morgan fingerprint density at radius 3 is 1.88 bits per heavy atom. The predicted octanol–water partition coefficient (Wildman–Crippen LogP) is 14.4. The summed E-state index contributed by atoms with van der Waals surface area (Å²) in [6.45, 7) is 0. The summed E-state index contributed by atoms with van der Waals surface area (Å²) in [5, 5.41) is 8.40. The van der Waals surface area contributed by atoms with Crippen molar-refractivity contribution in [1.29, 1.82) is 0 Å². The topological polar surface area (TPSA) is 35.6 Å². The Kier molecular flexibility index (Phi) is 6.91. The van der Waals surface area contributed by atoms with E-state index in [-0.39, 0.29) is 0 Å². The molecule has 0 fully saturated rings. The van der Waals surface area contributed by atoms with Gasteiger partial charge in [0.25, 0.3) is 0 Å². The van der Waals surface area contributed by atoms with Gasteiger partial charge in [-0.3, -0.25) is 4.57 Å². The molecule has 59 heavy (non-hydrogen) atoms. The van der Waals surface area contributed by atoms with E-state index in [2.05, 4.69) is 203 Å². The number of fused-ring (bicyclic) bond motifs is 10. The van der Waals surface area contributed by atoms with Crippen molar-refractivity contribution in [1.82, 2.24) is 19.1 Å². The molecule has 274 valence electrons. The van der Waals surface area contributed by atoms with Crippen LogP contribution in [-0.4, -0.2) is 19.1 Å². The van der Waals surface area contributed by atoms with E-state index in [9.17, 15) is 0 Å². The van der Waals surface area contributed by atoms with Crippen molar-refractivity contribution in [3.05, 3.63) is 194 Å². The van der Waals surface area contributed by atoms with Gasteiger partial charge in [-0.25, -0.2) is 9.97 Å². The molecule has 0 aliphatic carbocycles. The van der Waals surface area contributed by atoms with Crippen molar-refractivity contribution < 1.29 is 0 Å². The van der Waals surface area contributed by atoms with Gasteiger partial charge >= 0.3 is 0 Å². The number of nitrogens with zero attached hydrogens (tertiary/aromatic N) is 4. The Morgan fingerprint density at radius 2 is 1.02 bits per heavy atom. The molecule has 12 aromatic rings. The van der Waals surface area contributed by atoms with Crippen LogP contribution in [0.4, 0.5) is 0 Å². The fraction of sp³-hybridized carbons (Fsp3) is 0. The molecule has 0 N–H and O–H groups in total. The first-order chi connectivity index (χ1) is 29.2. The standard InChI is InChI=1S/C54H32N4S/c1-2-11-33(12-3-1)34-21-26-38(27-22-34)57-45-18-8-6-15-40(45)42-31-36(24-28-46(42)57)37-25-29-47-43(32-37)51-39-14-5-4-13-35(39)23-30-48(51)58(47)54-55-44-17-10-20-50-52(44)53(56-54)41-16-7-9-19-49(41)59-50/h1-32H. The van der Waals surface area contributed by atoms with Gasteiger partial charge in [0.05, 0.1) is 33.3 Å². The molecule has 13 rings (SSSR count). The van der Waals surface area contributed by atoms with E-state index in [0.29, 0.717) is 5.95 Å². The Labute approximate surface area is 343 Å². The lowest BCUT2D eigenvalue weighted by Crippen LogP contribution is -2.05. The van der Waals surface area contributed by atoms with Gasteiger partial charge in [0.15, 0.2) is 0 Å². The number of aromatic nitrogens is 4. The molecule has 0 unspecified atom stereocenters. The minimum Gasteiger partial charge on any atom is -0.309 e. The summed E-state index contributed by atoms with van der Waals surface area (Å²) in [5.41, 5.74) is 13.6. The Morgan fingerprint density at radius 1 is 0.373 bits per heavy atom. The molecule has 1 aliphatic rings. The highest BCUT2D eigenvalue weighted by Crippen LogP contribution is 2.47. The summed E-state index contributed by atoms with van der Waals surface area (Å²) in [6.07, 6.45) is 0. The summed E-state index contributed by atoms with van der Waals surface area (Å²) in [7, 11) is 0. The molecule has 3 aromatic heterocycles. The minimum absolute atomic E-state index is 0.681. The van der Waals surface area contributed by atoms with Crippen molar-refractivity contribution in [2.24, 2.45) is 0 Å². The molecule has 0 saturated heterocycles. The molecule has 4 heterocycles. The van der Waals surface area contributed by atoms with E-state index in [1.807, 2.05) is 0 Å². The summed E-state index contributed by atoms with van der Waals surface area (Å²) < 4.78 is 4.66. The lowest BCUT2D eigenvalue weighted by atomic mass is 9.99. The Hall–Kier alpha value is -7.47. The summed E-state index contributed by atoms with van der Waals surface area (Å²) >= 11 is 1.80. The van der Waals surface area contributed by atoms with Crippen LogP contribution in [0.3, 0.4) is 0 Å². The second-order valence-corrected chi connectivity index (χ2v) is 16.5. The third kappa shape index (κ3) is 4.86. The predicted molar refractivity (Wildman–Crippen MR) is 246 cm³/mol. The molecule has 0 atom stereocenters. The first-order valence-electron chi connectivity index (χ1n) is 20.0. The summed E-state index contributed by atoms with van der Waals surface area (Å²) in [6, 6.07) is 70.3. The van der Waals surface area contributed by atoms with Gasteiger partial charge in [0, 0.05) is 48.0 Å². The second kappa shape index (κ2) is 12.5. The minimum atomic E-state index is 0.681. The fourth-order valence-electron chi connectivity index (χ4n) is 9.44. The third-order valence-electron chi connectivity index (χ3n) is 12.1. The van der Waals surface area contributed by atoms with Gasteiger partial charge in [-0.05, 0) is 99.8 Å². The van der Waals surface area contributed by atoms with Crippen LogP contribution in [0.15, 0.2) is 204 Å². The average Bonchev–Trinajstić information content (AvgIpc) is 3.82. The molecule has 0 saturated carbocycles. The fourth-order valence-corrected chi connectivity index (χ4v) is 10.5. The lowest BCUT2D eigenvalue weighted by molar-refractivity contribution is 1.01. The zero-order valence-corrected chi connectivity index (χ0v) is 32.5. The van der Waals surface area contributed by atoms with Crippen molar-refractivity contribution in [2.75, 3.05) is 0 Å². The van der Waals surface area contributed by atoms with Crippen molar-refractivity contribution in [3.8, 4) is 45.1 Å². The van der Waals surface area contributed by atoms with Crippen LogP contribution in [0, 0.1) is 0 Å². The SMILES string of the molecule is c1ccc(-c2ccc(-n3c4ccccc4c4cc(-c5ccc6c(c5)c5c7ccccc7ccc5n6-c5nc6c7c(cccc7n5)Sc5ccccc5-6)ccc43)cc2)cc1. The maximum atomic E-state index is 5.42. The van der Waals surface area contributed by atoms with E-state index in [1.54, 1.807) is 11.8 Å². The van der Waals surface area contributed by atoms with Crippen molar-refractivity contribution >= 4 is 77.0 Å². The molecule has 0 amide bonds. The zero-order chi connectivity index (χ0) is 38.6. The smallest absolute Gasteiger partial charge is 0.235 e. The monoisotopic (exact) mass is 768 g/mol. The Balaban J connectivity index is 1.01. The molecule has 1 aliphatic heterocycles. The maximum Gasteiger partial charge on any atom is 0.235 e. The third-order valence-corrected chi connectivity index (χ3v) is 13.3. The number of hydrogen-bond donors (Lipinski definition) is 0.